The van der Waals surface area contributed by atoms with E-state index in [1.165, 1.54) is 0 Å². The summed E-state index contributed by atoms with van der Waals surface area (Å²) in [6.45, 7) is 0.485. The van der Waals surface area contributed by atoms with Crippen molar-refractivity contribution >= 4 is 28.8 Å². The summed E-state index contributed by atoms with van der Waals surface area (Å²) in [7, 11) is 1.78. The topological polar surface area (TPSA) is 59.2 Å². The number of benzene rings is 1. The highest BCUT2D eigenvalue weighted by molar-refractivity contribution is 7.13. The molecular weight excluding hydrogens is 346 g/mol. The van der Waals surface area contributed by atoms with Crippen LogP contribution < -0.4 is 0 Å². The first-order valence-electron chi connectivity index (χ1n) is 7.46. The summed E-state index contributed by atoms with van der Waals surface area (Å²) in [5.41, 5.74) is 1.97. The zero-order valence-electron chi connectivity index (χ0n) is 13.1. The number of carbonyl (C=O) groups is 1. The van der Waals surface area contributed by atoms with Crippen molar-refractivity contribution in [3.63, 3.8) is 0 Å². The van der Waals surface area contributed by atoms with E-state index in [1.54, 1.807) is 29.4 Å². The predicted molar refractivity (Wildman–Crippen MR) is 93.9 cm³/mol. The van der Waals surface area contributed by atoms with Crippen LogP contribution in [0.5, 0.6) is 0 Å². The molecule has 0 radical (unpaired) electrons. The van der Waals surface area contributed by atoms with Crippen LogP contribution in [0.25, 0.3) is 10.6 Å². The molecule has 1 amide bonds. The van der Waals surface area contributed by atoms with Crippen molar-refractivity contribution in [3.05, 3.63) is 58.4 Å². The summed E-state index contributed by atoms with van der Waals surface area (Å²) in [5, 5.41) is 6.85. The molecule has 0 saturated heterocycles. The van der Waals surface area contributed by atoms with Gasteiger partial charge in [0.15, 0.2) is 5.15 Å². The molecule has 0 unspecified atom stereocenters. The number of halogens is 1. The number of carbonyl (C=O) groups excluding carboxylic acids is 1. The van der Waals surface area contributed by atoms with Gasteiger partial charge < -0.3 is 9.42 Å². The van der Waals surface area contributed by atoms with Gasteiger partial charge in [0, 0.05) is 36.9 Å². The van der Waals surface area contributed by atoms with Crippen LogP contribution in [-0.2, 0) is 17.8 Å². The molecule has 0 aliphatic carbocycles. The van der Waals surface area contributed by atoms with Gasteiger partial charge in [0.25, 0.3) is 0 Å². The molecule has 2 heterocycles. The van der Waals surface area contributed by atoms with Crippen LogP contribution in [0.3, 0.4) is 0 Å². The number of aromatic nitrogens is 2. The van der Waals surface area contributed by atoms with Crippen molar-refractivity contribution in [2.75, 3.05) is 7.05 Å². The maximum absolute atomic E-state index is 12.2. The highest BCUT2D eigenvalue weighted by Gasteiger charge is 2.13. The summed E-state index contributed by atoms with van der Waals surface area (Å²) >= 11 is 7.27. The molecule has 0 N–H and O–H groups in total. The number of thiazole rings is 1. The van der Waals surface area contributed by atoms with E-state index < -0.39 is 0 Å². The molecule has 0 bridgehead atoms. The van der Waals surface area contributed by atoms with Gasteiger partial charge in [0.1, 0.15) is 10.8 Å². The second kappa shape index (κ2) is 7.59. The number of hydrogen-bond acceptors (Lipinski definition) is 5. The summed E-state index contributed by atoms with van der Waals surface area (Å²) in [5.74, 6) is 0.638. The molecular formula is C17H16ClN3O2S. The fourth-order valence-electron chi connectivity index (χ4n) is 2.25. The quantitative estimate of drug-likeness (QED) is 0.664. The second-order valence-corrected chi connectivity index (χ2v) is 6.62. The SMILES string of the molecule is CN(Cc1csc(-c2ccccc2)n1)C(=O)CCc1cc(Cl)no1. The highest BCUT2D eigenvalue weighted by atomic mass is 35.5. The van der Waals surface area contributed by atoms with E-state index in [-0.39, 0.29) is 5.91 Å². The van der Waals surface area contributed by atoms with Crippen LogP contribution in [0.4, 0.5) is 0 Å². The predicted octanol–water partition coefficient (Wildman–Crippen LogP) is 4.04. The van der Waals surface area contributed by atoms with Crippen molar-refractivity contribution in [1.29, 1.82) is 0 Å². The zero-order valence-corrected chi connectivity index (χ0v) is 14.7. The molecule has 2 aromatic heterocycles. The maximum Gasteiger partial charge on any atom is 0.223 e. The van der Waals surface area contributed by atoms with Crippen molar-refractivity contribution < 1.29 is 9.32 Å². The van der Waals surface area contributed by atoms with E-state index >= 15 is 0 Å². The van der Waals surface area contributed by atoms with Crippen LogP contribution in [-0.4, -0.2) is 28.0 Å². The Labute approximate surface area is 148 Å². The Morgan fingerprint density at radius 2 is 2.12 bits per heavy atom. The zero-order chi connectivity index (χ0) is 16.9. The highest BCUT2D eigenvalue weighted by Crippen LogP contribution is 2.23. The smallest absolute Gasteiger partial charge is 0.223 e. The third-order valence-electron chi connectivity index (χ3n) is 3.51. The van der Waals surface area contributed by atoms with Gasteiger partial charge in [-0.15, -0.1) is 11.3 Å². The lowest BCUT2D eigenvalue weighted by Crippen LogP contribution is -2.26. The first-order chi connectivity index (χ1) is 11.6. The fourth-order valence-corrected chi connectivity index (χ4v) is 3.22. The van der Waals surface area contributed by atoms with Gasteiger partial charge in [-0.25, -0.2) is 4.98 Å². The lowest BCUT2D eigenvalue weighted by molar-refractivity contribution is -0.130. The fraction of sp³-hybridized carbons (Fsp3) is 0.235. The summed E-state index contributed by atoms with van der Waals surface area (Å²) < 4.78 is 5.00. The molecule has 24 heavy (non-hydrogen) atoms. The van der Waals surface area contributed by atoms with Crippen LogP contribution in [0.2, 0.25) is 5.15 Å². The van der Waals surface area contributed by atoms with Gasteiger partial charge in [0.05, 0.1) is 12.2 Å². The monoisotopic (exact) mass is 361 g/mol. The largest absolute Gasteiger partial charge is 0.360 e. The van der Waals surface area contributed by atoms with E-state index in [9.17, 15) is 4.79 Å². The number of hydrogen-bond donors (Lipinski definition) is 0. The van der Waals surface area contributed by atoms with E-state index in [2.05, 4.69) is 10.1 Å². The Hall–Kier alpha value is -2.18. The van der Waals surface area contributed by atoms with Crippen molar-refractivity contribution in [3.8, 4) is 10.6 Å². The standard InChI is InChI=1S/C17H16ClN3O2S/c1-21(16(22)8-7-14-9-15(18)20-23-14)10-13-11-24-17(19-13)12-5-3-2-4-6-12/h2-6,9,11H,7-8,10H2,1H3. The maximum atomic E-state index is 12.2. The second-order valence-electron chi connectivity index (χ2n) is 5.38. The molecule has 124 valence electrons. The summed E-state index contributed by atoms with van der Waals surface area (Å²) in [6, 6.07) is 11.6. The molecule has 0 spiro atoms. The average Bonchev–Trinajstić information content (AvgIpc) is 3.22. The van der Waals surface area contributed by atoms with Gasteiger partial charge in [-0.05, 0) is 0 Å². The Balaban J connectivity index is 1.55. The van der Waals surface area contributed by atoms with Gasteiger partial charge in [-0.1, -0.05) is 47.1 Å². The van der Waals surface area contributed by atoms with E-state index in [0.29, 0.717) is 30.3 Å². The van der Waals surface area contributed by atoms with Crippen LogP contribution >= 0.6 is 22.9 Å². The third kappa shape index (κ3) is 4.21. The van der Waals surface area contributed by atoms with Gasteiger partial charge >= 0.3 is 0 Å². The van der Waals surface area contributed by atoms with E-state index in [1.807, 2.05) is 35.7 Å². The molecule has 5 nitrogen and oxygen atoms in total. The molecule has 3 aromatic rings. The van der Waals surface area contributed by atoms with Crippen molar-refractivity contribution in [2.45, 2.75) is 19.4 Å². The molecule has 0 atom stereocenters. The minimum atomic E-state index is 0.0248. The third-order valence-corrected chi connectivity index (χ3v) is 4.63. The first kappa shape index (κ1) is 16.7. The van der Waals surface area contributed by atoms with Crippen LogP contribution in [0.15, 0.2) is 46.3 Å². The van der Waals surface area contributed by atoms with Gasteiger partial charge in [-0.2, -0.15) is 0 Å². The first-order valence-corrected chi connectivity index (χ1v) is 8.72. The molecule has 0 saturated carbocycles. The van der Waals surface area contributed by atoms with Crippen molar-refractivity contribution in [2.24, 2.45) is 0 Å². The van der Waals surface area contributed by atoms with E-state index in [0.717, 1.165) is 16.3 Å². The molecule has 0 aliphatic heterocycles. The Morgan fingerprint density at radius 3 is 2.83 bits per heavy atom. The van der Waals surface area contributed by atoms with Gasteiger partial charge in [0.2, 0.25) is 5.91 Å². The van der Waals surface area contributed by atoms with Gasteiger partial charge in [-0.3, -0.25) is 4.79 Å². The number of aryl methyl sites for hydroxylation is 1. The molecule has 3 rings (SSSR count). The number of amides is 1. The summed E-state index contributed by atoms with van der Waals surface area (Å²) in [4.78, 5) is 18.5. The molecule has 0 fully saturated rings. The van der Waals surface area contributed by atoms with Crippen molar-refractivity contribution in [1.82, 2.24) is 15.0 Å². The Morgan fingerprint density at radius 1 is 1.33 bits per heavy atom. The average molecular weight is 362 g/mol. The van der Waals surface area contributed by atoms with Crippen LogP contribution in [0, 0.1) is 0 Å². The van der Waals surface area contributed by atoms with Crippen LogP contribution in [0.1, 0.15) is 17.9 Å². The Bertz CT molecular complexity index is 816. The lowest BCUT2D eigenvalue weighted by Gasteiger charge is -2.15. The number of rotatable bonds is 6. The molecule has 0 aliphatic rings. The minimum absolute atomic E-state index is 0.0248. The minimum Gasteiger partial charge on any atom is -0.360 e. The normalized spacial score (nSPS) is 10.8. The lowest BCUT2D eigenvalue weighted by atomic mass is 10.2. The molecule has 7 heteroatoms. The Kier molecular flexibility index (Phi) is 5.27. The molecule has 1 aromatic carbocycles. The van der Waals surface area contributed by atoms with E-state index in [4.69, 9.17) is 16.1 Å². The number of nitrogens with zero attached hydrogens (tertiary/aromatic N) is 3. The summed E-state index contributed by atoms with van der Waals surface area (Å²) in [6.07, 6.45) is 0.826.